The van der Waals surface area contributed by atoms with E-state index in [1.54, 1.807) is 18.3 Å². The Labute approximate surface area is 147 Å². The van der Waals surface area contributed by atoms with Crippen LogP contribution in [0.3, 0.4) is 0 Å². The molecule has 0 radical (unpaired) electrons. The molecule has 3 aromatic rings. The van der Waals surface area contributed by atoms with Crippen molar-refractivity contribution in [1.29, 1.82) is 0 Å². The molecule has 8 heteroatoms. The molecule has 2 aromatic carbocycles. The number of rotatable bonds is 5. The second kappa shape index (κ2) is 7.18. The number of amides is 1. The topological polar surface area (TPSA) is 90.1 Å². The number of nitrogens with one attached hydrogen (secondary N) is 1. The van der Waals surface area contributed by atoms with Crippen LogP contribution in [0.5, 0.6) is 0 Å². The van der Waals surface area contributed by atoms with Gasteiger partial charge in [-0.05, 0) is 30.5 Å². The van der Waals surface area contributed by atoms with Crippen LogP contribution in [0, 0.1) is 10.1 Å². The van der Waals surface area contributed by atoms with Crippen molar-refractivity contribution in [2.75, 3.05) is 11.6 Å². The first-order valence-corrected chi connectivity index (χ1v) is 8.54. The van der Waals surface area contributed by atoms with E-state index in [0.717, 1.165) is 4.90 Å². The second-order valence-corrected chi connectivity index (χ2v) is 5.93. The van der Waals surface area contributed by atoms with Gasteiger partial charge in [0.1, 0.15) is 5.69 Å². The van der Waals surface area contributed by atoms with Crippen molar-refractivity contribution in [2.45, 2.75) is 4.90 Å². The van der Waals surface area contributed by atoms with E-state index in [2.05, 4.69) is 10.3 Å². The Bertz CT molecular complexity index is 925. The van der Waals surface area contributed by atoms with Gasteiger partial charge in [0.15, 0.2) is 0 Å². The highest BCUT2D eigenvalue weighted by Crippen LogP contribution is 2.27. The zero-order valence-corrected chi connectivity index (χ0v) is 14.1. The maximum atomic E-state index is 12.5. The minimum atomic E-state index is -0.512. The van der Waals surface area contributed by atoms with Crippen LogP contribution in [0.4, 0.5) is 11.4 Å². The smallest absolute Gasteiger partial charge is 0.294 e. The molecule has 1 heterocycles. The summed E-state index contributed by atoms with van der Waals surface area (Å²) in [6, 6.07) is 11.7. The quantitative estimate of drug-likeness (QED) is 0.428. The molecule has 0 aliphatic carbocycles. The number of hydrogen-bond donors (Lipinski definition) is 1. The van der Waals surface area contributed by atoms with E-state index < -0.39 is 10.8 Å². The van der Waals surface area contributed by atoms with Gasteiger partial charge < -0.3 is 9.88 Å². The Morgan fingerprint density at radius 2 is 2.08 bits per heavy atom. The highest BCUT2D eigenvalue weighted by atomic mass is 32.2. The fraction of sp³-hybridized carbons (Fsp3) is 0.0588. The average molecular weight is 354 g/mol. The van der Waals surface area contributed by atoms with E-state index in [1.165, 1.54) is 41.0 Å². The average Bonchev–Trinajstić information content (AvgIpc) is 3.16. The number of anilines is 1. The summed E-state index contributed by atoms with van der Waals surface area (Å²) in [7, 11) is 0. The van der Waals surface area contributed by atoms with Crippen LogP contribution in [0.15, 0.2) is 66.1 Å². The molecule has 0 aliphatic rings. The molecule has 0 bridgehead atoms. The van der Waals surface area contributed by atoms with Crippen molar-refractivity contribution in [2.24, 2.45) is 0 Å². The second-order valence-electron chi connectivity index (χ2n) is 5.08. The van der Waals surface area contributed by atoms with E-state index >= 15 is 0 Å². The summed E-state index contributed by atoms with van der Waals surface area (Å²) < 4.78 is 1.53. The third kappa shape index (κ3) is 3.53. The van der Waals surface area contributed by atoms with Gasteiger partial charge in [0.05, 0.1) is 16.9 Å². The van der Waals surface area contributed by atoms with E-state index in [4.69, 9.17) is 0 Å². The monoisotopic (exact) mass is 354 g/mol. The normalized spacial score (nSPS) is 10.4. The molecule has 0 saturated heterocycles. The molecule has 0 saturated carbocycles. The minimum absolute atomic E-state index is 0.163. The van der Waals surface area contributed by atoms with E-state index in [-0.39, 0.29) is 11.3 Å². The highest BCUT2D eigenvalue weighted by Gasteiger charge is 2.19. The minimum Gasteiger partial charge on any atom is -0.321 e. The van der Waals surface area contributed by atoms with Crippen LogP contribution < -0.4 is 5.32 Å². The van der Waals surface area contributed by atoms with E-state index in [0.29, 0.717) is 11.4 Å². The Hall–Kier alpha value is -3.13. The summed E-state index contributed by atoms with van der Waals surface area (Å²) in [6.07, 6.45) is 6.52. The molecule has 0 fully saturated rings. The summed E-state index contributed by atoms with van der Waals surface area (Å²) in [5.74, 6) is -0.401. The fourth-order valence-corrected chi connectivity index (χ4v) is 2.93. The highest BCUT2D eigenvalue weighted by molar-refractivity contribution is 7.98. The SMILES string of the molecule is CSc1ccccc1NC(=O)c1ccc(-n2ccnc2)c([N+](=O)[O-])c1. The zero-order chi connectivity index (χ0) is 17.8. The van der Waals surface area contributed by atoms with Crippen molar-refractivity contribution in [3.8, 4) is 5.69 Å². The van der Waals surface area contributed by atoms with Gasteiger partial charge in [-0.1, -0.05) is 12.1 Å². The van der Waals surface area contributed by atoms with Crippen molar-refractivity contribution in [3.63, 3.8) is 0 Å². The van der Waals surface area contributed by atoms with Crippen molar-refractivity contribution >= 4 is 29.0 Å². The largest absolute Gasteiger partial charge is 0.321 e. The van der Waals surface area contributed by atoms with Gasteiger partial charge in [0, 0.05) is 28.9 Å². The predicted octanol–water partition coefficient (Wildman–Crippen LogP) is 3.75. The fourth-order valence-electron chi connectivity index (χ4n) is 2.37. The van der Waals surface area contributed by atoms with Crippen LogP contribution in [-0.4, -0.2) is 26.6 Å². The lowest BCUT2D eigenvalue weighted by Crippen LogP contribution is -2.13. The van der Waals surface area contributed by atoms with Crippen LogP contribution >= 0.6 is 11.8 Å². The van der Waals surface area contributed by atoms with Gasteiger partial charge in [-0.3, -0.25) is 14.9 Å². The standard InChI is InChI=1S/C17H14N4O3S/c1-25-16-5-3-2-4-13(16)19-17(22)12-6-7-14(15(10-12)21(23)24)20-9-8-18-11-20/h2-11H,1H3,(H,19,22). The molecule has 0 spiro atoms. The van der Waals surface area contributed by atoms with Crippen molar-refractivity contribution in [3.05, 3.63) is 76.9 Å². The number of hydrogen-bond acceptors (Lipinski definition) is 5. The number of thioether (sulfide) groups is 1. The number of benzene rings is 2. The molecule has 25 heavy (non-hydrogen) atoms. The maximum absolute atomic E-state index is 12.5. The molecule has 0 aliphatic heterocycles. The number of nitro groups is 1. The van der Waals surface area contributed by atoms with Crippen LogP contribution in [-0.2, 0) is 0 Å². The van der Waals surface area contributed by atoms with Crippen molar-refractivity contribution < 1.29 is 9.72 Å². The Morgan fingerprint density at radius 3 is 2.76 bits per heavy atom. The third-order valence-corrected chi connectivity index (χ3v) is 4.37. The molecule has 1 aromatic heterocycles. The molecule has 3 rings (SSSR count). The zero-order valence-electron chi connectivity index (χ0n) is 13.2. The number of carbonyl (C=O) groups is 1. The van der Waals surface area contributed by atoms with Crippen LogP contribution in [0.2, 0.25) is 0 Å². The lowest BCUT2D eigenvalue weighted by atomic mass is 10.1. The molecule has 7 nitrogen and oxygen atoms in total. The van der Waals surface area contributed by atoms with E-state index in [9.17, 15) is 14.9 Å². The first kappa shape index (κ1) is 16.7. The Kier molecular flexibility index (Phi) is 4.80. The molecule has 1 amide bonds. The number of carbonyl (C=O) groups excluding carboxylic acids is 1. The summed E-state index contributed by atoms with van der Waals surface area (Å²) in [6.45, 7) is 0. The number of para-hydroxylation sites is 1. The lowest BCUT2D eigenvalue weighted by Gasteiger charge is -2.10. The number of imidazole rings is 1. The molecule has 1 N–H and O–H groups in total. The van der Waals surface area contributed by atoms with Gasteiger partial charge in [-0.15, -0.1) is 11.8 Å². The Morgan fingerprint density at radius 1 is 1.28 bits per heavy atom. The van der Waals surface area contributed by atoms with E-state index in [1.807, 2.05) is 24.5 Å². The maximum Gasteiger partial charge on any atom is 0.294 e. The van der Waals surface area contributed by atoms with Gasteiger partial charge in [-0.2, -0.15) is 0 Å². The predicted molar refractivity (Wildman–Crippen MR) is 96.4 cm³/mol. The van der Waals surface area contributed by atoms with Gasteiger partial charge >= 0.3 is 0 Å². The van der Waals surface area contributed by atoms with Crippen molar-refractivity contribution in [1.82, 2.24) is 9.55 Å². The molecule has 0 unspecified atom stereocenters. The van der Waals surface area contributed by atoms with Gasteiger partial charge in [0.25, 0.3) is 11.6 Å². The van der Waals surface area contributed by atoms with Gasteiger partial charge in [-0.25, -0.2) is 4.98 Å². The Balaban J connectivity index is 1.93. The number of nitrogens with zero attached hydrogens (tertiary/aromatic N) is 3. The van der Waals surface area contributed by atoms with Crippen LogP contribution in [0.25, 0.3) is 5.69 Å². The number of nitro benzene ring substituents is 1. The third-order valence-electron chi connectivity index (χ3n) is 3.57. The molecule has 0 atom stereocenters. The number of aromatic nitrogens is 2. The molecular weight excluding hydrogens is 340 g/mol. The summed E-state index contributed by atoms with van der Waals surface area (Å²) in [4.78, 5) is 28.2. The lowest BCUT2D eigenvalue weighted by molar-refractivity contribution is -0.384. The first-order valence-electron chi connectivity index (χ1n) is 7.31. The van der Waals surface area contributed by atoms with Gasteiger partial charge in [0.2, 0.25) is 0 Å². The molecule has 126 valence electrons. The van der Waals surface area contributed by atoms with Crippen LogP contribution in [0.1, 0.15) is 10.4 Å². The summed E-state index contributed by atoms with van der Waals surface area (Å²) >= 11 is 1.51. The summed E-state index contributed by atoms with van der Waals surface area (Å²) in [5, 5.41) is 14.2. The first-order chi connectivity index (χ1) is 12.1. The molecular formula is C17H14N4O3S. The summed E-state index contributed by atoms with van der Waals surface area (Å²) in [5.41, 5.74) is 1.07.